The van der Waals surface area contributed by atoms with Crippen LogP contribution in [-0.4, -0.2) is 12.1 Å². The van der Waals surface area contributed by atoms with E-state index in [1.54, 1.807) is 18.4 Å². The molecule has 0 aliphatic heterocycles. The fourth-order valence-electron chi connectivity index (χ4n) is 2.14. The second-order valence-corrected chi connectivity index (χ2v) is 6.81. The third-order valence-corrected chi connectivity index (χ3v) is 4.85. The van der Waals surface area contributed by atoms with E-state index in [0.717, 1.165) is 32.3 Å². The van der Waals surface area contributed by atoms with Gasteiger partial charge in [-0.15, -0.1) is 11.3 Å². The molecular weight excluding hydrogens is 360 g/mol. The average molecular weight is 375 g/mol. The number of aryl methyl sites for hydroxylation is 1. The van der Waals surface area contributed by atoms with Crippen molar-refractivity contribution in [3.05, 3.63) is 57.9 Å². The molecule has 0 amide bonds. The van der Waals surface area contributed by atoms with Crippen LogP contribution in [0.4, 0.5) is 10.8 Å². The molecule has 0 saturated carbocycles. The molecule has 0 saturated heterocycles. The zero-order chi connectivity index (χ0) is 15.5. The number of ether oxygens (including phenoxy) is 1. The summed E-state index contributed by atoms with van der Waals surface area (Å²) in [5, 5.41) is 4.25. The molecule has 0 aliphatic carbocycles. The Hall–Kier alpha value is -1.85. The van der Waals surface area contributed by atoms with Crippen LogP contribution >= 0.6 is 27.3 Å². The summed E-state index contributed by atoms with van der Waals surface area (Å²) in [5.41, 5.74) is 3.11. The van der Waals surface area contributed by atoms with E-state index in [-0.39, 0.29) is 0 Å². The van der Waals surface area contributed by atoms with Crippen LogP contribution in [0.3, 0.4) is 0 Å². The Morgan fingerprint density at radius 1 is 1.09 bits per heavy atom. The summed E-state index contributed by atoms with van der Waals surface area (Å²) in [6.45, 7) is 2.09. The van der Waals surface area contributed by atoms with Crippen LogP contribution < -0.4 is 10.1 Å². The topological polar surface area (TPSA) is 34.1 Å². The van der Waals surface area contributed by atoms with Crippen molar-refractivity contribution in [1.29, 1.82) is 0 Å². The summed E-state index contributed by atoms with van der Waals surface area (Å²) >= 11 is 5.19. The van der Waals surface area contributed by atoms with Crippen molar-refractivity contribution >= 4 is 38.1 Å². The van der Waals surface area contributed by atoms with Crippen LogP contribution in [-0.2, 0) is 0 Å². The minimum atomic E-state index is 0.850. The summed E-state index contributed by atoms with van der Waals surface area (Å²) in [6, 6.07) is 16.0. The lowest BCUT2D eigenvalue weighted by molar-refractivity contribution is 0.415. The molecule has 22 heavy (non-hydrogen) atoms. The maximum absolute atomic E-state index is 5.20. The lowest BCUT2D eigenvalue weighted by Crippen LogP contribution is -1.90. The SMILES string of the molecule is COc1ccc(-c2nc(Nc3ccccc3Br)sc2C)cc1. The van der Waals surface area contributed by atoms with E-state index in [1.807, 2.05) is 48.5 Å². The Morgan fingerprint density at radius 2 is 1.82 bits per heavy atom. The summed E-state index contributed by atoms with van der Waals surface area (Å²) in [6.07, 6.45) is 0. The summed E-state index contributed by atoms with van der Waals surface area (Å²) in [5.74, 6) is 0.850. The molecule has 0 aliphatic rings. The molecule has 5 heteroatoms. The van der Waals surface area contributed by atoms with Gasteiger partial charge in [-0.2, -0.15) is 0 Å². The highest BCUT2D eigenvalue weighted by Crippen LogP contribution is 2.34. The number of halogens is 1. The zero-order valence-corrected chi connectivity index (χ0v) is 14.7. The number of thiazole rings is 1. The highest BCUT2D eigenvalue weighted by atomic mass is 79.9. The Kier molecular flexibility index (Phi) is 4.45. The van der Waals surface area contributed by atoms with Gasteiger partial charge in [0.1, 0.15) is 5.75 Å². The molecule has 112 valence electrons. The van der Waals surface area contributed by atoms with Crippen molar-refractivity contribution in [3.8, 4) is 17.0 Å². The van der Waals surface area contributed by atoms with Crippen molar-refractivity contribution in [3.63, 3.8) is 0 Å². The third kappa shape index (κ3) is 3.15. The molecule has 3 rings (SSSR count). The molecule has 2 aromatic carbocycles. The molecular formula is C17H15BrN2OS. The van der Waals surface area contributed by atoms with Crippen LogP contribution in [0.15, 0.2) is 53.0 Å². The van der Waals surface area contributed by atoms with Gasteiger partial charge in [0.2, 0.25) is 0 Å². The number of hydrogen-bond acceptors (Lipinski definition) is 4. The monoisotopic (exact) mass is 374 g/mol. The van der Waals surface area contributed by atoms with Crippen LogP contribution in [0.2, 0.25) is 0 Å². The molecule has 0 unspecified atom stereocenters. The van der Waals surface area contributed by atoms with E-state index in [9.17, 15) is 0 Å². The fraction of sp³-hybridized carbons (Fsp3) is 0.118. The number of anilines is 2. The van der Waals surface area contributed by atoms with Gasteiger partial charge in [-0.05, 0) is 59.3 Å². The van der Waals surface area contributed by atoms with Crippen LogP contribution in [0.1, 0.15) is 4.88 Å². The van der Waals surface area contributed by atoms with Crippen molar-refractivity contribution in [1.82, 2.24) is 4.98 Å². The molecule has 1 aromatic heterocycles. The van der Waals surface area contributed by atoms with Gasteiger partial charge >= 0.3 is 0 Å². The standard InChI is InChI=1S/C17H15BrN2OS/c1-11-16(12-7-9-13(21-2)10-8-12)20-17(22-11)19-15-6-4-3-5-14(15)18/h3-10H,1-2H3,(H,19,20). The Labute approximate surface area is 142 Å². The van der Waals surface area contributed by atoms with E-state index in [1.165, 1.54) is 4.88 Å². The average Bonchev–Trinajstić information content (AvgIpc) is 2.90. The lowest BCUT2D eigenvalue weighted by Gasteiger charge is -2.04. The quantitative estimate of drug-likeness (QED) is 0.641. The number of nitrogens with zero attached hydrogens (tertiary/aromatic N) is 1. The molecule has 0 spiro atoms. The number of hydrogen-bond donors (Lipinski definition) is 1. The van der Waals surface area contributed by atoms with Crippen LogP contribution in [0.25, 0.3) is 11.3 Å². The van der Waals surface area contributed by atoms with Crippen LogP contribution in [0, 0.1) is 6.92 Å². The van der Waals surface area contributed by atoms with Gasteiger partial charge in [0.15, 0.2) is 5.13 Å². The highest BCUT2D eigenvalue weighted by molar-refractivity contribution is 9.10. The second kappa shape index (κ2) is 6.50. The summed E-state index contributed by atoms with van der Waals surface area (Å²) in [4.78, 5) is 5.90. The van der Waals surface area contributed by atoms with Gasteiger partial charge < -0.3 is 10.1 Å². The Bertz CT molecular complexity index is 784. The normalized spacial score (nSPS) is 10.5. The van der Waals surface area contributed by atoms with Gasteiger partial charge in [0.25, 0.3) is 0 Å². The zero-order valence-electron chi connectivity index (χ0n) is 12.3. The molecule has 3 nitrogen and oxygen atoms in total. The minimum absolute atomic E-state index is 0.850. The number of rotatable bonds is 4. The van der Waals surface area contributed by atoms with Crippen molar-refractivity contribution < 1.29 is 4.74 Å². The van der Waals surface area contributed by atoms with Crippen molar-refractivity contribution in [2.75, 3.05) is 12.4 Å². The van der Waals surface area contributed by atoms with Gasteiger partial charge in [-0.1, -0.05) is 12.1 Å². The number of methoxy groups -OCH3 is 1. The predicted octanol–water partition coefficient (Wildman–Crippen LogP) is 5.63. The number of nitrogens with one attached hydrogen (secondary N) is 1. The first-order valence-electron chi connectivity index (χ1n) is 6.81. The molecule has 0 radical (unpaired) electrons. The summed E-state index contributed by atoms with van der Waals surface area (Å²) in [7, 11) is 1.67. The Morgan fingerprint density at radius 3 is 2.50 bits per heavy atom. The van der Waals surface area contributed by atoms with E-state index < -0.39 is 0 Å². The molecule has 1 N–H and O–H groups in total. The maximum Gasteiger partial charge on any atom is 0.188 e. The molecule has 0 bridgehead atoms. The first-order chi connectivity index (χ1) is 10.7. The fourth-order valence-corrected chi connectivity index (χ4v) is 3.38. The van der Waals surface area contributed by atoms with E-state index in [0.29, 0.717) is 0 Å². The van der Waals surface area contributed by atoms with Crippen molar-refractivity contribution in [2.45, 2.75) is 6.92 Å². The second-order valence-electron chi connectivity index (χ2n) is 4.76. The van der Waals surface area contributed by atoms with Crippen molar-refractivity contribution in [2.24, 2.45) is 0 Å². The molecule has 3 aromatic rings. The first kappa shape index (κ1) is 15.1. The molecule has 0 atom stereocenters. The summed E-state index contributed by atoms with van der Waals surface area (Å²) < 4.78 is 6.22. The first-order valence-corrected chi connectivity index (χ1v) is 8.42. The molecule has 0 fully saturated rings. The highest BCUT2D eigenvalue weighted by Gasteiger charge is 2.11. The van der Waals surface area contributed by atoms with E-state index >= 15 is 0 Å². The Balaban J connectivity index is 1.88. The van der Waals surface area contributed by atoms with E-state index in [4.69, 9.17) is 9.72 Å². The number of benzene rings is 2. The minimum Gasteiger partial charge on any atom is -0.497 e. The number of para-hydroxylation sites is 1. The lowest BCUT2D eigenvalue weighted by atomic mass is 10.1. The van der Waals surface area contributed by atoms with Crippen LogP contribution in [0.5, 0.6) is 5.75 Å². The van der Waals surface area contributed by atoms with Gasteiger partial charge in [-0.25, -0.2) is 4.98 Å². The molecule has 1 heterocycles. The maximum atomic E-state index is 5.20. The predicted molar refractivity (Wildman–Crippen MR) is 96.3 cm³/mol. The van der Waals surface area contributed by atoms with Gasteiger partial charge in [0, 0.05) is 14.9 Å². The van der Waals surface area contributed by atoms with Gasteiger partial charge in [0.05, 0.1) is 18.5 Å². The largest absolute Gasteiger partial charge is 0.497 e. The smallest absolute Gasteiger partial charge is 0.188 e. The third-order valence-electron chi connectivity index (χ3n) is 3.28. The van der Waals surface area contributed by atoms with Gasteiger partial charge in [-0.3, -0.25) is 0 Å². The number of aromatic nitrogens is 1. The van der Waals surface area contributed by atoms with E-state index in [2.05, 4.69) is 28.2 Å².